The van der Waals surface area contributed by atoms with Gasteiger partial charge in [0.1, 0.15) is 10.6 Å². The summed E-state index contributed by atoms with van der Waals surface area (Å²) in [6.07, 6.45) is 3.22. The van der Waals surface area contributed by atoms with Crippen LogP contribution in [0.25, 0.3) is 15.9 Å². The number of hydrogen-bond acceptors (Lipinski definition) is 5. The van der Waals surface area contributed by atoms with Crippen LogP contribution >= 0.6 is 23.1 Å². The molecule has 0 aliphatic heterocycles. The molecule has 0 radical (unpaired) electrons. The summed E-state index contributed by atoms with van der Waals surface area (Å²) >= 11 is 3.30. The van der Waals surface area contributed by atoms with Crippen molar-refractivity contribution in [3.8, 4) is 11.4 Å². The second-order valence-corrected chi connectivity index (χ2v) is 8.25. The van der Waals surface area contributed by atoms with Crippen LogP contribution in [-0.2, 0) is 12.8 Å². The molecule has 4 rings (SSSR count). The van der Waals surface area contributed by atoms with Crippen molar-refractivity contribution < 1.29 is 4.74 Å². The number of ether oxygens (including phenoxy) is 1. The monoisotopic (exact) mass is 372 g/mol. The smallest absolute Gasteiger partial charge is 0.267 e. The molecule has 0 fully saturated rings. The van der Waals surface area contributed by atoms with Gasteiger partial charge in [0.05, 0.1) is 17.7 Å². The number of thiophene rings is 1. The lowest BCUT2D eigenvalue weighted by Crippen LogP contribution is -2.21. The molecule has 2 aromatic heterocycles. The van der Waals surface area contributed by atoms with Crippen LogP contribution in [-0.4, -0.2) is 21.9 Å². The molecule has 1 aliphatic carbocycles. The third-order valence-electron chi connectivity index (χ3n) is 4.39. The minimum Gasteiger partial charge on any atom is -0.494 e. The van der Waals surface area contributed by atoms with Crippen molar-refractivity contribution >= 4 is 33.3 Å². The van der Waals surface area contributed by atoms with E-state index in [1.807, 2.05) is 31.2 Å². The summed E-state index contributed by atoms with van der Waals surface area (Å²) in [5.74, 6) is 1.69. The summed E-state index contributed by atoms with van der Waals surface area (Å²) in [5.41, 5.74) is 2.13. The molecule has 0 unspecified atom stereocenters. The Hall–Kier alpha value is -1.79. The first-order valence-electron chi connectivity index (χ1n) is 8.66. The third-order valence-corrected chi connectivity index (χ3v) is 6.39. The van der Waals surface area contributed by atoms with Crippen LogP contribution in [0.15, 0.2) is 34.2 Å². The van der Waals surface area contributed by atoms with Crippen LogP contribution in [0, 0.1) is 0 Å². The van der Waals surface area contributed by atoms with Gasteiger partial charge >= 0.3 is 0 Å². The van der Waals surface area contributed by atoms with E-state index >= 15 is 0 Å². The molecule has 130 valence electrons. The lowest BCUT2D eigenvalue weighted by Gasteiger charge is -2.12. The Morgan fingerprint density at radius 3 is 2.76 bits per heavy atom. The predicted octanol–water partition coefficient (Wildman–Crippen LogP) is 4.45. The number of aryl methyl sites for hydroxylation is 2. The van der Waals surface area contributed by atoms with Gasteiger partial charge in [0.2, 0.25) is 0 Å². The molecule has 0 bridgehead atoms. The number of hydrogen-bond donors (Lipinski definition) is 0. The number of fused-ring (bicyclic) bond motifs is 3. The van der Waals surface area contributed by atoms with Gasteiger partial charge in [0.15, 0.2) is 5.16 Å². The molecule has 1 aromatic carbocycles. The molecular formula is C19H20N2O2S2. The van der Waals surface area contributed by atoms with E-state index in [0.717, 1.165) is 51.8 Å². The van der Waals surface area contributed by atoms with Crippen molar-refractivity contribution in [3.63, 3.8) is 0 Å². The largest absolute Gasteiger partial charge is 0.494 e. The summed E-state index contributed by atoms with van der Waals surface area (Å²) in [4.78, 5) is 20.4. The zero-order valence-electron chi connectivity index (χ0n) is 14.4. The molecule has 0 saturated carbocycles. The molecule has 1 aliphatic rings. The van der Waals surface area contributed by atoms with Crippen molar-refractivity contribution in [2.75, 3.05) is 12.4 Å². The van der Waals surface area contributed by atoms with E-state index in [4.69, 9.17) is 9.72 Å². The van der Waals surface area contributed by atoms with E-state index in [1.54, 1.807) is 27.7 Å². The normalized spacial score (nSPS) is 13.4. The molecule has 2 heterocycles. The lowest BCUT2D eigenvalue weighted by molar-refractivity contribution is 0.340. The molecule has 0 saturated heterocycles. The van der Waals surface area contributed by atoms with Gasteiger partial charge in [-0.3, -0.25) is 9.36 Å². The van der Waals surface area contributed by atoms with Crippen LogP contribution in [0.3, 0.4) is 0 Å². The maximum absolute atomic E-state index is 13.3. The first kappa shape index (κ1) is 16.7. The van der Waals surface area contributed by atoms with E-state index in [0.29, 0.717) is 6.61 Å². The molecule has 4 nitrogen and oxygen atoms in total. The standard InChI is InChI=1S/C19H20N2O2S2/c1-3-23-13-10-8-12(9-11-13)21-18(22)16-14-6-5-7-15(14)25-17(16)20-19(21)24-4-2/h8-11H,3-7H2,1-2H3. The lowest BCUT2D eigenvalue weighted by atomic mass is 10.2. The van der Waals surface area contributed by atoms with Crippen molar-refractivity contribution in [2.45, 2.75) is 38.3 Å². The second-order valence-electron chi connectivity index (χ2n) is 5.93. The van der Waals surface area contributed by atoms with Crippen molar-refractivity contribution in [3.05, 3.63) is 45.1 Å². The van der Waals surface area contributed by atoms with Crippen molar-refractivity contribution in [2.24, 2.45) is 0 Å². The molecule has 0 atom stereocenters. The first-order chi connectivity index (χ1) is 12.2. The molecular weight excluding hydrogens is 352 g/mol. The fourth-order valence-corrected chi connectivity index (χ4v) is 5.38. The van der Waals surface area contributed by atoms with E-state index in [1.165, 1.54) is 10.4 Å². The Kier molecular flexibility index (Phi) is 4.56. The first-order valence-corrected chi connectivity index (χ1v) is 10.5. The highest BCUT2D eigenvalue weighted by molar-refractivity contribution is 7.99. The van der Waals surface area contributed by atoms with Gasteiger partial charge in [-0.05, 0) is 61.8 Å². The highest BCUT2D eigenvalue weighted by Gasteiger charge is 2.23. The number of benzene rings is 1. The van der Waals surface area contributed by atoms with Crippen LogP contribution in [0.5, 0.6) is 5.75 Å². The Bertz CT molecular complexity index is 974. The second kappa shape index (κ2) is 6.84. The summed E-state index contributed by atoms with van der Waals surface area (Å²) in [6.45, 7) is 4.67. The summed E-state index contributed by atoms with van der Waals surface area (Å²) in [5, 5.41) is 1.59. The fraction of sp³-hybridized carbons (Fsp3) is 0.368. The van der Waals surface area contributed by atoms with E-state index in [2.05, 4.69) is 6.92 Å². The maximum Gasteiger partial charge on any atom is 0.267 e. The number of thioether (sulfide) groups is 1. The Morgan fingerprint density at radius 1 is 1.24 bits per heavy atom. The van der Waals surface area contributed by atoms with Crippen LogP contribution in [0.2, 0.25) is 0 Å². The number of nitrogens with zero attached hydrogens (tertiary/aromatic N) is 2. The van der Waals surface area contributed by atoms with Gasteiger partial charge in [-0.2, -0.15) is 0 Å². The third kappa shape index (κ3) is 2.87. The van der Waals surface area contributed by atoms with Gasteiger partial charge in [-0.1, -0.05) is 18.7 Å². The minimum atomic E-state index is 0.0597. The summed E-state index contributed by atoms with van der Waals surface area (Å²) < 4.78 is 7.28. The highest BCUT2D eigenvalue weighted by Crippen LogP contribution is 2.36. The zero-order valence-corrected chi connectivity index (χ0v) is 16.0. The van der Waals surface area contributed by atoms with Gasteiger partial charge < -0.3 is 4.74 Å². The molecule has 25 heavy (non-hydrogen) atoms. The quantitative estimate of drug-likeness (QED) is 0.490. The number of aromatic nitrogens is 2. The maximum atomic E-state index is 13.3. The van der Waals surface area contributed by atoms with Crippen molar-refractivity contribution in [1.82, 2.24) is 9.55 Å². The van der Waals surface area contributed by atoms with Crippen LogP contribution in [0.4, 0.5) is 0 Å². The number of rotatable bonds is 5. The SMILES string of the molecule is CCOc1ccc(-n2c(SCC)nc3sc4c(c3c2=O)CCC4)cc1. The molecule has 3 aromatic rings. The predicted molar refractivity (Wildman–Crippen MR) is 105 cm³/mol. The van der Waals surface area contributed by atoms with Gasteiger partial charge in [0, 0.05) is 4.88 Å². The average Bonchev–Trinajstić information content (AvgIpc) is 3.17. The zero-order chi connectivity index (χ0) is 17.4. The van der Waals surface area contributed by atoms with Gasteiger partial charge in [-0.25, -0.2) is 4.98 Å². The molecule has 0 amide bonds. The summed E-state index contributed by atoms with van der Waals surface area (Å²) in [7, 11) is 0. The topological polar surface area (TPSA) is 44.1 Å². The molecule has 0 N–H and O–H groups in total. The van der Waals surface area contributed by atoms with E-state index in [-0.39, 0.29) is 5.56 Å². The minimum absolute atomic E-state index is 0.0597. The summed E-state index contributed by atoms with van der Waals surface area (Å²) in [6, 6.07) is 7.69. The average molecular weight is 373 g/mol. The highest BCUT2D eigenvalue weighted by atomic mass is 32.2. The molecule has 6 heteroatoms. The molecule has 0 spiro atoms. The van der Waals surface area contributed by atoms with Crippen LogP contribution in [0.1, 0.15) is 30.7 Å². The van der Waals surface area contributed by atoms with E-state index in [9.17, 15) is 4.79 Å². The van der Waals surface area contributed by atoms with Gasteiger partial charge in [-0.15, -0.1) is 11.3 Å². The van der Waals surface area contributed by atoms with Gasteiger partial charge in [0.25, 0.3) is 5.56 Å². The fourth-order valence-electron chi connectivity index (χ4n) is 3.34. The Balaban J connectivity index is 1.92. The van der Waals surface area contributed by atoms with Crippen LogP contribution < -0.4 is 10.3 Å². The Morgan fingerprint density at radius 2 is 2.04 bits per heavy atom. The van der Waals surface area contributed by atoms with Crippen molar-refractivity contribution in [1.29, 1.82) is 0 Å². The Labute approximate surface area is 154 Å². The van der Waals surface area contributed by atoms with E-state index < -0.39 is 0 Å².